The van der Waals surface area contributed by atoms with Crippen molar-refractivity contribution in [1.82, 2.24) is 4.98 Å². The van der Waals surface area contributed by atoms with E-state index < -0.39 is 5.92 Å². The molecule has 0 spiro atoms. The molecule has 3 rings (SSSR count). The normalized spacial score (nSPS) is 15.7. The fraction of sp³-hybridized carbons (Fsp3) is 0.350. The lowest BCUT2D eigenvalue weighted by molar-refractivity contribution is -0.142. The summed E-state index contributed by atoms with van der Waals surface area (Å²) in [5, 5.41) is 7.46. The number of carbonyl (C=O) groups is 4. The van der Waals surface area contributed by atoms with Gasteiger partial charge in [-0.05, 0) is 31.2 Å². The smallest absolute Gasteiger partial charge is 0.311 e. The van der Waals surface area contributed by atoms with E-state index in [-0.39, 0.29) is 43.1 Å². The minimum atomic E-state index is -0.509. The largest absolute Gasteiger partial charge is 0.466 e. The van der Waals surface area contributed by atoms with E-state index >= 15 is 0 Å². The zero-order valence-electron chi connectivity index (χ0n) is 16.6. The van der Waals surface area contributed by atoms with Crippen LogP contribution in [0.2, 0.25) is 0 Å². The molecule has 2 N–H and O–H groups in total. The lowest BCUT2D eigenvalue weighted by Gasteiger charge is -2.17. The molecule has 1 aromatic heterocycles. The third kappa shape index (κ3) is 5.41. The molecular formula is C20H22N4O5S. The molecule has 158 valence electrons. The molecular weight excluding hydrogens is 408 g/mol. The van der Waals surface area contributed by atoms with Gasteiger partial charge in [-0.15, -0.1) is 11.3 Å². The molecule has 2 aromatic rings. The van der Waals surface area contributed by atoms with Gasteiger partial charge in [-0.3, -0.25) is 19.2 Å². The summed E-state index contributed by atoms with van der Waals surface area (Å²) < 4.78 is 4.88. The fourth-order valence-corrected chi connectivity index (χ4v) is 3.79. The maximum atomic E-state index is 12.6. The number of nitrogens with zero attached hydrogens (tertiary/aromatic N) is 2. The minimum Gasteiger partial charge on any atom is -0.466 e. The van der Waals surface area contributed by atoms with Crippen molar-refractivity contribution in [2.45, 2.75) is 26.7 Å². The summed E-state index contributed by atoms with van der Waals surface area (Å²) in [5.41, 5.74) is 1.82. The molecule has 30 heavy (non-hydrogen) atoms. The highest BCUT2D eigenvalue weighted by Gasteiger charge is 2.35. The van der Waals surface area contributed by atoms with E-state index in [0.717, 1.165) is 0 Å². The van der Waals surface area contributed by atoms with Crippen LogP contribution in [-0.4, -0.2) is 41.8 Å². The Bertz CT molecular complexity index is 956. The number of aromatic nitrogens is 1. The molecule has 2 heterocycles. The molecule has 0 aliphatic carbocycles. The van der Waals surface area contributed by atoms with Crippen LogP contribution in [0.15, 0.2) is 29.6 Å². The molecule has 10 heteroatoms. The van der Waals surface area contributed by atoms with E-state index in [1.54, 1.807) is 41.5 Å². The van der Waals surface area contributed by atoms with Crippen LogP contribution in [0, 0.1) is 5.92 Å². The first-order chi connectivity index (χ1) is 14.4. The second kappa shape index (κ2) is 9.49. The molecule has 0 bridgehead atoms. The van der Waals surface area contributed by atoms with Gasteiger partial charge in [0.05, 0.1) is 24.6 Å². The van der Waals surface area contributed by atoms with Crippen LogP contribution in [0.1, 0.15) is 26.0 Å². The van der Waals surface area contributed by atoms with Crippen molar-refractivity contribution in [3.05, 3.63) is 35.3 Å². The number of hydrogen-bond donors (Lipinski definition) is 2. The summed E-state index contributed by atoms with van der Waals surface area (Å²) >= 11 is 1.22. The zero-order valence-corrected chi connectivity index (χ0v) is 17.5. The summed E-state index contributed by atoms with van der Waals surface area (Å²) in [6.45, 7) is 3.71. The van der Waals surface area contributed by atoms with Gasteiger partial charge >= 0.3 is 5.97 Å². The van der Waals surface area contributed by atoms with Gasteiger partial charge in [0.2, 0.25) is 17.7 Å². The van der Waals surface area contributed by atoms with Crippen LogP contribution in [-0.2, 0) is 30.3 Å². The monoisotopic (exact) mass is 430 g/mol. The van der Waals surface area contributed by atoms with Crippen molar-refractivity contribution in [2.75, 3.05) is 28.7 Å². The van der Waals surface area contributed by atoms with E-state index in [0.29, 0.717) is 28.8 Å². The summed E-state index contributed by atoms with van der Waals surface area (Å²) in [6.07, 6.45) is 0.144. The average molecular weight is 430 g/mol. The number of esters is 1. The summed E-state index contributed by atoms with van der Waals surface area (Å²) in [7, 11) is 0. The number of rotatable bonds is 7. The lowest BCUT2D eigenvalue weighted by Crippen LogP contribution is -2.28. The third-order valence-corrected chi connectivity index (χ3v) is 5.21. The van der Waals surface area contributed by atoms with E-state index in [1.807, 2.05) is 0 Å². The van der Waals surface area contributed by atoms with E-state index in [2.05, 4.69) is 15.6 Å². The fourth-order valence-electron chi connectivity index (χ4n) is 3.07. The van der Waals surface area contributed by atoms with E-state index in [4.69, 9.17) is 4.74 Å². The van der Waals surface area contributed by atoms with Crippen LogP contribution in [0.25, 0.3) is 0 Å². The Labute approximate surface area is 177 Å². The molecule has 3 amide bonds. The maximum Gasteiger partial charge on any atom is 0.311 e. The highest BCUT2D eigenvalue weighted by Crippen LogP contribution is 2.27. The Morgan fingerprint density at radius 3 is 2.63 bits per heavy atom. The quantitative estimate of drug-likeness (QED) is 0.650. The van der Waals surface area contributed by atoms with Gasteiger partial charge in [0, 0.05) is 36.6 Å². The molecule has 1 atom stereocenters. The predicted octanol–water partition coefficient (Wildman–Crippen LogP) is 2.20. The van der Waals surface area contributed by atoms with Crippen LogP contribution in [0.4, 0.5) is 16.5 Å². The first-order valence-corrected chi connectivity index (χ1v) is 10.3. The van der Waals surface area contributed by atoms with Gasteiger partial charge in [0.1, 0.15) is 0 Å². The molecule has 1 unspecified atom stereocenters. The second-order valence-electron chi connectivity index (χ2n) is 6.75. The SMILES string of the molecule is CCOC(=O)Cc1csc(NC(=O)C2CC(=O)N(c3ccc(NC(C)=O)cc3)C2)n1. The van der Waals surface area contributed by atoms with E-state index in [9.17, 15) is 19.2 Å². The molecule has 1 aliphatic heterocycles. The van der Waals surface area contributed by atoms with Crippen molar-refractivity contribution < 1.29 is 23.9 Å². The van der Waals surface area contributed by atoms with Gasteiger partial charge in [-0.1, -0.05) is 0 Å². The third-order valence-electron chi connectivity index (χ3n) is 4.41. The number of benzene rings is 1. The number of hydrogen-bond acceptors (Lipinski definition) is 7. The van der Waals surface area contributed by atoms with Gasteiger partial charge in [0.25, 0.3) is 0 Å². The molecule has 1 fully saturated rings. The molecule has 1 aromatic carbocycles. The highest BCUT2D eigenvalue weighted by atomic mass is 32.1. The van der Waals surface area contributed by atoms with Gasteiger partial charge in [-0.2, -0.15) is 0 Å². The zero-order chi connectivity index (χ0) is 21.7. The number of thiazole rings is 1. The highest BCUT2D eigenvalue weighted by molar-refractivity contribution is 7.13. The van der Waals surface area contributed by atoms with Gasteiger partial charge < -0.3 is 20.3 Å². The van der Waals surface area contributed by atoms with Crippen molar-refractivity contribution in [2.24, 2.45) is 5.92 Å². The Morgan fingerprint density at radius 2 is 1.97 bits per heavy atom. The molecule has 0 saturated carbocycles. The number of anilines is 3. The van der Waals surface area contributed by atoms with Gasteiger partial charge in [-0.25, -0.2) is 4.98 Å². The first-order valence-electron chi connectivity index (χ1n) is 9.44. The lowest BCUT2D eigenvalue weighted by atomic mass is 10.1. The summed E-state index contributed by atoms with van der Waals surface area (Å²) in [5.74, 6) is -1.50. The standard InChI is InChI=1S/C20H22N4O5S/c1-3-29-18(27)9-15-11-30-20(22-15)23-19(28)13-8-17(26)24(10-13)16-6-4-14(5-7-16)21-12(2)25/h4-7,11,13H,3,8-10H2,1-2H3,(H,21,25)(H,22,23,28). The van der Waals surface area contributed by atoms with Crippen molar-refractivity contribution in [3.63, 3.8) is 0 Å². The molecule has 0 radical (unpaired) electrons. The average Bonchev–Trinajstić information content (AvgIpc) is 3.28. The van der Waals surface area contributed by atoms with E-state index in [1.165, 1.54) is 18.3 Å². The van der Waals surface area contributed by atoms with Gasteiger partial charge in [0.15, 0.2) is 5.13 Å². The predicted molar refractivity (Wildman–Crippen MR) is 112 cm³/mol. The number of carbonyl (C=O) groups excluding carboxylic acids is 4. The Kier molecular flexibility index (Phi) is 6.78. The Hall–Kier alpha value is -3.27. The van der Waals surface area contributed by atoms with Crippen LogP contribution < -0.4 is 15.5 Å². The number of ether oxygens (including phenoxy) is 1. The summed E-state index contributed by atoms with van der Waals surface area (Å²) in [4.78, 5) is 53.4. The molecule has 1 aliphatic rings. The minimum absolute atomic E-state index is 0.0460. The number of nitrogens with one attached hydrogen (secondary N) is 2. The summed E-state index contributed by atoms with van der Waals surface area (Å²) in [6, 6.07) is 6.87. The van der Waals surface area contributed by atoms with Crippen molar-refractivity contribution in [1.29, 1.82) is 0 Å². The van der Waals surface area contributed by atoms with Crippen LogP contribution in [0.3, 0.4) is 0 Å². The number of amides is 3. The topological polar surface area (TPSA) is 118 Å². The molecule has 1 saturated heterocycles. The van der Waals surface area contributed by atoms with Crippen LogP contribution >= 0.6 is 11.3 Å². The van der Waals surface area contributed by atoms with Crippen molar-refractivity contribution >= 4 is 51.5 Å². The second-order valence-corrected chi connectivity index (χ2v) is 7.61. The van der Waals surface area contributed by atoms with Crippen LogP contribution in [0.5, 0.6) is 0 Å². The first kappa shape index (κ1) is 21.4. The van der Waals surface area contributed by atoms with Crippen molar-refractivity contribution in [3.8, 4) is 0 Å². The maximum absolute atomic E-state index is 12.6. The Morgan fingerprint density at radius 1 is 1.23 bits per heavy atom. The Balaban J connectivity index is 1.58. The molecule has 9 nitrogen and oxygen atoms in total.